The highest BCUT2D eigenvalue weighted by Crippen LogP contribution is 2.25. The summed E-state index contributed by atoms with van der Waals surface area (Å²) in [4.78, 5) is 46.6. The van der Waals surface area contributed by atoms with Gasteiger partial charge in [0.25, 0.3) is 5.91 Å². The number of fused-ring (bicyclic) bond motifs is 1. The number of aromatic nitrogens is 3. The first kappa shape index (κ1) is 24.3. The smallest absolute Gasteiger partial charge is 0.412 e. The first-order valence-corrected chi connectivity index (χ1v) is 10.7. The third kappa shape index (κ3) is 4.58. The van der Waals surface area contributed by atoms with Gasteiger partial charge in [-0.25, -0.2) is 23.9 Å². The van der Waals surface area contributed by atoms with Crippen LogP contribution in [0.25, 0.3) is 16.9 Å². The minimum Gasteiger partial charge on any atom is -0.465 e. The fourth-order valence-corrected chi connectivity index (χ4v) is 3.66. The number of ether oxygens (including phenoxy) is 2. The van der Waals surface area contributed by atoms with Crippen molar-refractivity contribution >= 4 is 35.1 Å². The fraction of sp³-hybridized carbons (Fsp3) is 0.160. The predicted octanol–water partition coefficient (Wildman–Crippen LogP) is 4.09. The van der Waals surface area contributed by atoms with Crippen molar-refractivity contribution in [2.75, 3.05) is 31.5 Å². The van der Waals surface area contributed by atoms with E-state index >= 15 is 0 Å². The number of carbonyl (C=O) groups excluding carboxylic acids is 3. The summed E-state index contributed by atoms with van der Waals surface area (Å²) in [6.07, 6.45) is 4.24. The number of methoxy groups -OCH3 is 2. The summed E-state index contributed by atoms with van der Waals surface area (Å²) in [5, 5.41) is 2.48. The van der Waals surface area contributed by atoms with Crippen LogP contribution in [0.4, 0.5) is 20.7 Å². The molecule has 36 heavy (non-hydrogen) atoms. The average molecular weight is 491 g/mol. The first-order valence-electron chi connectivity index (χ1n) is 10.7. The molecule has 0 aliphatic heterocycles. The summed E-state index contributed by atoms with van der Waals surface area (Å²) in [6.45, 7) is 1.83. The number of pyridine rings is 2. The predicted molar refractivity (Wildman–Crippen MR) is 130 cm³/mol. The molecule has 4 aromatic rings. The Morgan fingerprint density at radius 1 is 1.03 bits per heavy atom. The Hall–Kier alpha value is -4.80. The molecular weight excluding hydrogens is 469 g/mol. The molecule has 3 aromatic heterocycles. The van der Waals surface area contributed by atoms with E-state index < -0.39 is 17.9 Å². The highest BCUT2D eigenvalue weighted by Gasteiger charge is 2.20. The van der Waals surface area contributed by atoms with E-state index in [4.69, 9.17) is 0 Å². The number of benzene rings is 1. The van der Waals surface area contributed by atoms with Gasteiger partial charge >= 0.3 is 12.1 Å². The number of imidazole rings is 1. The van der Waals surface area contributed by atoms with Gasteiger partial charge in [0.15, 0.2) is 0 Å². The molecule has 0 aliphatic rings. The maximum atomic E-state index is 14.1. The van der Waals surface area contributed by atoms with Gasteiger partial charge in [0.05, 0.1) is 37.2 Å². The number of nitrogens with zero attached hydrogens (tertiary/aromatic N) is 4. The lowest BCUT2D eigenvalue weighted by atomic mass is 10.1. The van der Waals surface area contributed by atoms with Gasteiger partial charge in [-0.2, -0.15) is 0 Å². The monoisotopic (exact) mass is 491 g/mol. The van der Waals surface area contributed by atoms with E-state index in [0.29, 0.717) is 34.0 Å². The molecule has 0 aliphatic carbocycles. The van der Waals surface area contributed by atoms with E-state index in [0.717, 1.165) is 18.7 Å². The second-order valence-corrected chi connectivity index (χ2v) is 7.82. The molecule has 0 saturated carbocycles. The standard InChI is InChI=1S/C25H22FN5O5/c1-14-9-16(23(32)30(2)17-6-7-19(26)18(10-17)24(33)35-3)13-31-20(12-28-22(14)31)15-5-8-21(27-11-15)29-25(34)36-4/h5-13H,1-4H3,(H,27,29,34). The molecule has 0 saturated heterocycles. The third-order valence-electron chi connectivity index (χ3n) is 5.56. The highest BCUT2D eigenvalue weighted by molar-refractivity contribution is 6.06. The molecule has 184 valence electrons. The molecule has 4 rings (SSSR count). The van der Waals surface area contributed by atoms with Crippen molar-refractivity contribution in [3.8, 4) is 11.3 Å². The molecule has 0 fully saturated rings. The van der Waals surface area contributed by atoms with E-state index in [1.165, 1.54) is 31.2 Å². The Balaban J connectivity index is 1.68. The zero-order valence-corrected chi connectivity index (χ0v) is 19.9. The van der Waals surface area contributed by atoms with E-state index in [1.54, 1.807) is 41.2 Å². The number of nitrogens with one attached hydrogen (secondary N) is 1. The molecule has 2 amide bonds. The lowest BCUT2D eigenvalue weighted by Crippen LogP contribution is -2.27. The largest absolute Gasteiger partial charge is 0.465 e. The molecule has 10 nitrogen and oxygen atoms in total. The van der Waals surface area contributed by atoms with Crippen molar-refractivity contribution in [1.82, 2.24) is 14.4 Å². The Morgan fingerprint density at radius 3 is 2.47 bits per heavy atom. The minimum absolute atomic E-state index is 0.268. The number of rotatable bonds is 5. The molecule has 3 heterocycles. The van der Waals surface area contributed by atoms with E-state index in [1.807, 2.05) is 6.92 Å². The van der Waals surface area contributed by atoms with E-state index in [-0.39, 0.29) is 11.5 Å². The van der Waals surface area contributed by atoms with Gasteiger partial charge in [-0.3, -0.25) is 14.5 Å². The highest BCUT2D eigenvalue weighted by atomic mass is 19.1. The number of hydrogen-bond donors (Lipinski definition) is 1. The van der Waals surface area contributed by atoms with E-state index in [2.05, 4.69) is 24.8 Å². The van der Waals surface area contributed by atoms with Crippen LogP contribution in [0.2, 0.25) is 0 Å². The number of carbonyl (C=O) groups is 3. The summed E-state index contributed by atoms with van der Waals surface area (Å²) >= 11 is 0. The zero-order valence-electron chi connectivity index (χ0n) is 19.9. The van der Waals surface area contributed by atoms with Gasteiger partial charge in [-0.1, -0.05) is 0 Å². The number of halogens is 1. The molecule has 0 radical (unpaired) electrons. The summed E-state index contributed by atoms with van der Waals surface area (Å²) in [5.74, 6) is -1.64. The summed E-state index contributed by atoms with van der Waals surface area (Å²) in [7, 11) is 3.94. The van der Waals surface area contributed by atoms with Crippen molar-refractivity contribution in [2.45, 2.75) is 6.92 Å². The Morgan fingerprint density at radius 2 is 1.81 bits per heavy atom. The van der Waals surface area contributed by atoms with Gasteiger partial charge < -0.3 is 14.4 Å². The number of esters is 1. The van der Waals surface area contributed by atoms with Crippen molar-refractivity contribution in [3.63, 3.8) is 0 Å². The van der Waals surface area contributed by atoms with Crippen LogP contribution < -0.4 is 10.2 Å². The van der Waals surface area contributed by atoms with Gasteiger partial charge in [-0.05, 0) is 48.9 Å². The molecule has 0 bridgehead atoms. The Kier molecular flexibility index (Phi) is 6.64. The first-order chi connectivity index (χ1) is 17.2. The van der Waals surface area contributed by atoms with Gasteiger partial charge in [0, 0.05) is 30.7 Å². The second kappa shape index (κ2) is 9.82. The van der Waals surface area contributed by atoms with Crippen LogP contribution >= 0.6 is 0 Å². The molecular formula is C25H22FN5O5. The van der Waals surface area contributed by atoms with Crippen molar-refractivity contribution < 1.29 is 28.2 Å². The van der Waals surface area contributed by atoms with Gasteiger partial charge in [0.2, 0.25) is 0 Å². The Bertz CT molecular complexity index is 1480. The third-order valence-corrected chi connectivity index (χ3v) is 5.56. The summed E-state index contributed by atoms with van der Waals surface area (Å²) in [5.41, 5.74) is 3.19. The Labute approximate surface area is 205 Å². The summed E-state index contributed by atoms with van der Waals surface area (Å²) in [6, 6.07) is 8.86. The van der Waals surface area contributed by atoms with E-state index in [9.17, 15) is 18.8 Å². The topological polar surface area (TPSA) is 115 Å². The normalized spacial score (nSPS) is 10.7. The molecule has 1 N–H and O–H groups in total. The van der Waals surface area contributed by atoms with Crippen molar-refractivity contribution in [1.29, 1.82) is 0 Å². The lowest BCUT2D eigenvalue weighted by Gasteiger charge is -2.19. The lowest BCUT2D eigenvalue weighted by molar-refractivity contribution is 0.0595. The zero-order chi connectivity index (χ0) is 26.0. The summed E-state index contributed by atoms with van der Waals surface area (Å²) < 4.78 is 25.0. The molecule has 0 unspecified atom stereocenters. The minimum atomic E-state index is -0.836. The van der Waals surface area contributed by atoms with Crippen molar-refractivity contribution in [3.05, 3.63) is 77.5 Å². The van der Waals surface area contributed by atoms with Crippen LogP contribution in [0, 0.1) is 12.7 Å². The van der Waals surface area contributed by atoms with Crippen LogP contribution in [0.15, 0.2) is 55.0 Å². The number of amides is 2. The van der Waals surface area contributed by atoms with Gasteiger partial charge in [0.1, 0.15) is 17.3 Å². The fourth-order valence-electron chi connectivity index (χ4n) is 3.66. The second-order valence-electron chi connectivity index (χ2n) is 7.82. The van der Waals surface area contributed by atoms with Crippen LogP contribution in [0.3, 0.4) is 0 Å². The van der Waals surface area contributed by atoms with Crippen LogP contribution in [0.1, 0.15) is 26.3 Å². The van der Waals surface area contributed by atoms with Gasteiger partial charge in [-0.15, -0.1) is 0 Å². The number of hydrogen-bond acceptors (Lipinski definition) is 7. The maximum Gasteiger partial charge on any atom is 0.412 e. The molecule has 1 aromatic carbocycles. The molecule has 0 spiro atoms. The van der Waals surface area contributed by atoms with Crippen LogP contribution in [-0.4, -0.2) is 53.6 Å². The average Bonchev–Trinajstić information content (AvgIpc) is 3.32. The van der Waals surface area contributed by atoms with Crippen LogP contribution in [-0.2, 0) is 9.47 Å². The van der Waals surface area contributed by atoms with Crippen LogP contribution in [0.5, 0.6) is 0 Å². The quantitative estimate of drug-likeness (QED) is 0.418. The number of aryl methyl sites for hydroxylation is 1. The molecule has 11 heteroatoms. The maximum absolute atomic E-state index is 14.1. The number of anilines is 2. The van der Waals surface area contributed by atoms with Crippen molar-refractivity contribution in [2.24, 2.45) is 0 Å². The SMILES string of the molecule is COC(=O)Nc1ccc(-c2cnc3c(C)cc(C(=O)N(C)c4ccc(F)c(C(=O)OC)c4)cn23)cn1. The molecule has 0 atom stereocenters.